The highest BCUT2D eigenvalue weighted by atomic mass is 35.5. The van der Waals surface area contributed by atoms with Gasteiger partial charge in [-0.2, -0.15) is 18.4 Å². The molecule has 1 aromatic carbocycles. The van der Waals surface area contributed by atoms with Gasteiger partial charge < -0.3 is 10.1 Å². The van der Waals surface area contributed by atoms with Crippen LogP contribution < -0.4 is 10.1 Å². The van der Waals surface area contributed by atoms with Crippen LogP contribution in [0.4, 0.5) is 13.2 Å². The Bertz CT molecular complexity index is 921. The highest BCUT2D eigenvalue weighted by Crippen LogP contribution is 2.35. The monoisotopic (exact) mass is 424 g/mol. The van der Waals surface area contributed by atoms with Gasteiger partial charge in [-0.05, 0) is 43.9 Å². The number of nitriles is 1. The van der Waals surface area contributed by atoms with E-state index >= 15 is 0 Å². The van der Waals surface area contributed by atoms with Gasteiger partial charge in [0.25, 0.3) is 5.91 Å². The van der Waals surface area contributed by atoms with Gasteiger partial charge in [0, 0.05) is 6.04 Å². The van der Waals surface area contributed by atoms with Crippen LogP contribution in [0.1, 0.15) is 47.3 Å². The number of ether oxygens (including phenoxy) is 1. The molecule has 1 aliphatic carbocycles. The molecule has 0 atom stereocenters. The van der Waals surface area contributed by atoms with E-state index in [1.807, 2.05) is 0 Å². The largest absolute Gasteiger partial charge is 0.490 e. The van der Waals surface area contributed by atoms with Crippen molar-refractivity contribution in [2.24, 2.45) is 0 Å². The summed E-state index contributed by atoms with van der Waals surface area (Å²) >= 11 is 5.64. The standard InChI is InChI=1S/C19H16ClF3N4O2/c20-17-10-25-16(9-26-17)18(28)27-12-2-5-13(6-3-12)29-14-4-1-11(8-24)15(7-14)19(21,22)23/h1,4,7,9-10,12-13H,2-3,5-6H2,(H,27,28). The number of carbonyl (C=O) groups excluding carboxylic acids is 1. The number of nitrogens with one attached hydrogen (secondary N) is 1. The van der Waals surface area contributed by atoms with Crippen molar-refractivity contribution in [3.05, 3.63) is 52.6 Å². The van der Waals surface area contributed by atoms with E-state index in [0.29, 0.717) is 25.7 Å². The fourth-order valence-electron chi connectivity index (χ4n) is 3.14. The summed E-state index contributed by atoms with van der Waals surface area (Å²) in [5, 5.41) is 11.9. The van der Waals surface area contributed by atoms with Gasteiger partial charge in [0.1, 0.15) is 16.6 Å². The number of carbonyl (C=O) groups is 1. The van der Waals surface area contributed by atoms with E-state index in [2.05, 4.69) is 15.3 Å². The lowest BCUT2D eigenvalue weighted by molar-refractivity contribution is -0.137. The average molecular weight is 425 g/mol. The minimum Gasteiger partial charge on any atom is -0.490 e. The second kappa shape index (κ2) is 8.66. The Morgan fingerprint density at radius 2 is 1.93 bits per heavy atom. The summed E-state index contributed by atoms with van der Waals surface area (Å²) in [5.41, 5.74) is -1.30. The number of aromatic nitrogens is 2. The first kappa shape index (κ1) is 20.9. The summed E-state index contributed by atoms with van der Waals surface area (Å²) in [6, 6.07) is 4.77. The lowest BCUT2D eigenvalue weighted by atomic mass is 9.92. The molecule has 1 aliphatic rings. The van der Waals surface area contributed by atoms with Crippen LogP contribution in [0, 0.1) is 11.3 Å². The van der Waals surface area contributed by atoms with Crippen molar-refractivity contribution in [3.8, 4) is 11.8 Å². The molecule has 29 heavy (non-hydrogen) atoms. The zero-order chi connectivity index (χ0) is 21.0. The number of benzene rings is 1. The first-order valence-electron chi connectivity index (χ1n) is 8.82. The highest BCUT2D eigenvalue weighted by molar-refractivity contribution is 6.29. The second-order valence-electron chi connectivity index (χ2n) is 6.61. The highest BCUT2D eigenvalue weighted by Gasteiger charge is 2.34. The van der Waals surface area contributed by atoms with Crippen molar-refractivity contribution >= 4 is 17.5 Å². The molecule has 0 spiro atoms. The lowest BCUT2D eigenvalue weighted by Gasteiger charge is -2.29. The molecule has 1 amide bonds. The van der Waals surface area contributed by atoms with E-state index in [0.717, 1.165) is 12.1 Å². The van der Waals surface area contributed by atoms with Crippen LogP contribution in [0.25, 0.3) is 0 Å². The third-order valence-electron chi connectivity index (χ3n) is 4.58. The molecular formula is C19H16ClF3N4O2. The number of rotatable bonds is 4. The molecule has 0 aliphatic heterocycles. The SMILES string of the molecule is N#Cc1ccc(OC2CCC(NC(=O)c3cnc(Cl)cn3)CC2)cc1C(F)(F)F. The van der Waals surface area contributed by atoms with Crippen molar-refractivity contribution in [2.75, 3.05) is 0 Å². The number of hydrogen-bond acceptors (Lipinski definition) is 5. The molecule has 1 aromatic heterocycles. The van der Waals surface area contributed by atoms with Gasteiger partial charge in [-0.25, -0.2) is 9.97 Å². The number of amides is 1. The van der Waals surface area contributed by atoms with Crippen LogP contribution in [0.2, 0.25) is 5.15 Å². The Morgan fingerprint density at radius 3 is 2.52 bits per heavy atom. The molecular weight excluding hydrogens is 409 g/mol. The Labute approximate surface area is 169 Å². The third kappa shape index (κ3) is 5.35. The van der Waals surface area contributed by atoms with E-state index < -0.39 is 17.3 Å². The molecule has 3 rings (SSSR count). The van der Waals surface area contributed by atoms with Gasteiger partial charge in [0.2, 0.25) is 0 Å². The van der Waals surface area contributed by atoms with Gasteiger partial charge >= 0.3 is 6.18 Å². The number of hydrogen-bond donors (Lipinski definition) is 1. The van der Waals surface area contributed by atoms with Crippen LogP contribution in [-0.4, -0.2) is 28.0 Å². The van der Waals surface area contributed by atoms with E-state index in [1.165, 1.54) is 18.5 Å². The lowest BCUT2D eigenvalue weighted by Crippen LogP contribution is -2.40. The van der Waals surface area contributed by atoms with Gasteiger partial charge in [-0.3, -0.25) is 4.79 Å². The van der Waals surface area contributed by atoms with Gasteiger partial charge in [-0.15, -0.1) is 0 Å². The minimum absolute atomic E-state index is 0.0697. The van der Waals surface area contributed by atoms with Crippen molar-refractivity contribution < 1.29 is 22.7 Å². The normalized spacial score (nSPS) is 19.3. The molecule has 10 heteroatoms. The zero-order valence-electron chi connectivity index (χ0n) is 15.0. The molecule has 1 N–H and O–H groups in total. The smallest absolute Gasteiger partial charge is 0.417 e. The van der Waals surface area contributed by atoms with E-state index in [-0.39, 0.29) is 34.6 Å². The molecule has 0 saturated heterocycles. The summed E-state index contributed by atoms with van der Waals surface area (Å²) in [4.78, 5) is 19.9. The summed E-state index contributed by atoms with van der Waals surface area (Å²) < 4.78 is 44.9. The molecule has 0 bridgehead atoms. The van der Waals surface area contributed by atoms with Gasteiger partial charge in [-0.1, -0.05) is 11.6 Å². The quantitative estimate of drug-likeness (QED) is 0.796. The number of alkyl halides is 3. The van der Waals surface area contributed by atoms with Crippen LogP contribution in [-0.2, 0) is 6.18 Å². The van der Waals surface area contributed by atoms with Gasteiger partial charge in [0.15, 0.2) is 0 Å². The van der Waals surface area contributed by atoms with E-state index in [4.69, 9.17) is 21.6 Å². The second-order valence-corrected chi connectivity index (χ2v) is 6.99. The Balaban J connectivity index is 1.55. The Kier molecular flexibility index (Phi) is 6.23. The Morgan fingerprint density at radius 1 is 1.21 bits per heavy atom. The van der Waals surface area contributed by atoms with Crippen molar-refractivity contribution in [1.29, 1.82) is 5.26 Å². The fourth-order valence-corrected chi connectivity index (χ4v) is 3.23. The average Bonchev–Trinajstić information content (AvgIpc) is 2.69. The van der Waals surface area contributed by atoms with Crippen LogP contribution in [0.5, 0.6) is 5.75 Å². The molecule has 1 saturated carbocycles. The molecule has 6 nitrogen and oxygen atoms in total. The molecule has 1 fully saturated rings. The molecule has 1 heterocycles. The minimum atomic E-state index is -4.63. The van der Waals surface area contributed by atoms with E-state index in [9.17, 15) is 18.0 Å². The maximum atomic E-state index is 13.1. The topological polar surface area (TPSA) is 87.9 Å². The first-order valence-corrected chi connectivity index (χ1v) is 9.20. The van der Waals surface area contributed by atoms with Crippen molar-refractivity contribution in [2.45, 2.75) is 44.0 Å². The third-order valence-corrected chi connectivity index (χ3v) is 4.78. The summed E-state index contributed by atoms with van der Waals surface area (Å²) in [6.07, 6.45) is 0.0321. The van der Waals surface area contributed by atoms with Crippen LogP contribution in [0.15, 0.2) is 30.6 Å². The molecule has 152 valence electrons. The fraction of sp³-hybridized carbons (Fsp3) is 0.368. The van der Waals surface area contributed by atoms with Gasteiger partial charge in [0.05, 0.1) is 35.7 Å². The summed E-state index contributed by atoms with van der Waals surface area (Å²) in [5.74, 6) is -0.291. The first-order chi connectivity index (χ1) is 13.8. The molecule has 2 aromatic rings. The Hall–Kier alpha value is -2.86. The predicted molar refractivity (Wildman–Crippen MR) is 97.3 cm³/mol. The van der Waals surface area contributed by atoms with Crippen molar-refractivity contribution in [3.63, 3.8) is 0 Å². The summed E-state index contributed by atoms with van der Waals surface area (Å²) in [7, 11) is 0. The van der Waals surface area contributed by atoms with Crippen LogP contribution in [0.3, 0.4) is 0 Å². The maximum absolute atomic E-state index is 13.1. The van der Waals surface area contributed by atoms with Crippen LogP contribution >= 0.6 is 11.6 Å². The zero-order valence-corrected chi connectivity index (χ0v) is 15.8. The van der Waals surface area contributed by atoms with E-state index in [1.54, 1.807) is 6.07 Å². The number of nitrogens with zero attached hydrogens (tertiary/aromatic N) is 3. The molecule has 0 radical (unpaired) electrons. The predicted octanol–water partition coefficient (Wildman–Crippen LogP) is 4.14. The van der Waals surface area contributed by atoms with Crippen molar-refractivity contribution in [1.82, 2.24) is 15.3 Å². The number of halogens is 4. The molecule has 0 unspecified atom stereocenters. The maximum Gasteiger partial charge on any atom is 0.417 e. The summed E-state index contributed by atoms with van der Waals surface area (Å²) in [6.45, 7) is 0.